The normalized spacial score (nSPS) is 12.1. The van der Waals surface area contributed by atoms with Gasteiger partial charge in [-0.25, -0.2) is 12.8 Å². The molecule has 0 saturated heterocycles. The first-order chi connectivity index (χ1) is 8.34. The van der Waals surface area contributed by atoms with Gasteiger partial charge in [0.1, 0.15) is 5.82 Å². The van der Waals surface area contributed by atoms with Crippen LogP contribution in [0, 0.1) is 12.7 Å². The van der Waals surface area contributed by atoms with Crippen molar-refractivity contribution in [3.8, 4) is 0 Å². The molecule has 0 heterocycles. The molecule has 3 N–H and O–H groups in total. The van der Waals surface area contributed by atoms with Gasteiger partial charge in [0, 0.05) is 13.1 Å². The number of sulfonamides is 1. The zero-order valence-corrected chi connectivity index (χ0v) is 11.2. The smallest absolute Gasteiger partial charge is 0.243 e. The van der Waals surface area contributed by atoms with Gasteiger partial charge in [0.05, 0.1) is 17.2 Å². The lowest BCUT2D eigenvalue weighted by atomic mass is 10.2. The number of rotatable bonds is 5. The van der Waals surface area contributed by atoms with Crippen molar-refractivity contribution >= 4 is 15.7 Å². The Morgan fingerprint density at radius 3 is 2.56 bits per heavy atom. The van der Waals surface area contributed by atoms with Gasteiger partial charge in [0.2, 0.25) is 10.0 Å². The predicted molar refractivity (Wildman–Crippen MR) is 67.1 cm³/mol. The average molecular weight is 276 g/mol. The van der Waals surface area contributed by atoms with E-state index in [2.05, 4.69) is 0 Å². The maximum absolute atomic E-state index is 13.2. The van der Waals surface area contributed by atoms with E-state index in [-0.39, 0.29) is 35.8 Å². The third kappa shape index (κ3) is 2.80. The number of aryl methyl sites for hydroxylation is 1. The van der Waals surface area contributed by atoms with Crippen molar-refractivity contribution in [1.29, 1.82) is 0 Å². The van der Waals surface area contributed by atoms with E-state index in [4.69, 9.17) is 10.8 Å². The summed E-state index contributed by atoms with van der Waals surface area (Å²) in [4.78, 5) is -0.0308. The zero-order valence-electron chi connectivity index (χ0n) is 10.4. The van der Waals surface area contributed by atoms with E-state index in [0.29, 0.717) is 0 Å². The molecule has 7 heteroatoms. The fraction of sp³-hybridized carbons (Fsp3) is 0.455. The van der Waals surface area contributed by atoms with Crippen LogP contribution in [0.1, 0.15) is 12.5 Å². The molecule has 0 aliphatic carbocycles. The minimum absolute atomic E-state index is 0.00441. The van der Waals surface area contributed by atoms with Gasteiger partial charge in [-0.2, -0.15) is 4.31 Å². The number of likely N-dealkylation sites (N-methyl/N-ethyl adjacent to an activating group) is 1. The summed E-state index contributed by atoms with van der Waals surface area (Å²) in [6.07, 6.45) is 0. The minimum Gasteiger partial charge on any atom is -0.396 e. The molecule has 0 atom stereocenters. The van der Waals surface area contributed by atoms with Gasteiger partial charge in [0.15, 0.2) is 0 Å². The summed E-state index contributed by atoms with van der Waals surface area (Å²) in [5, 5.41) is 8.86. The van der Waals surface area contributed by atoms with Crippen molar-refractivity contribution in [2.75, 3.05) is 25.4 Å². The van der Waals surface area contributed by atoms with Crippen molar-refractivity contribution in [3.05, 3.63) is 23.5 Å². The van der Waals surface area contributed by atoms with Crippen LogP contribution in [0.2, 0.25) is 0 Å². The highest BCUT2D eigenvalue weighted by Crippen LogP contribution is 2.24. The van der Waals surface area contributed by atoms with Crippen molar-refractivity contribution in [1.82, 2.24) is 4.31 Å². The average Bonchev–Trinajstić information content (AvgIpc) is 2.30. The van der Waals surface area contributed by atoms with Crippen LogP contribution in [0.3, 0.4) is 0 Å². The zero-order chi connectivity index (χ0) is 13.9. The first kappa shape index (κ1) is 14.9. The number of hydrogen-bond donors (Lipinski definition) is 2. The number of aliphatic hydroxyl groups is 1. The van der Waals surface area contributed by atoms with Crippen LogP contribution in [-0.2, 0) is 10.0 Å². The molecule has 0 radical (unpaired) electrons. The van der Waals surface area contributed by atoms with Crippen LogP contribution in [0.4, 0.5) is 10.1 Å². The van der Waals surface area contributed by atoms with E-state index in [0.717, 1.165) is 16.4 Å². The number of halogens is 1. The summed E-state index contributed by atoms with van der Waals surface area (Å²) in [5.41, 5.74) is 5.48. The number of aliphatic hydroxyl groups excluding tert-OH is 1. The minimum atomic E-state index is -3.76. The molecular weight excluding hydrogens is 259 g/mol. The van der Waals surface area contributed by atoms with E-state index in [1.54, 1.807) is 6.92 Å². The summed E-state index contributed by atoms with van der Waals surface area (Å²) >= 11 is 0. The molecule has 1 aromatic carbocycles. The molecule has 0 aromatic heterocycles. The first-order valence-corrected chi connectivity index (χ1v) is 6.95. The summed E-state index contributed by atoms with van der Waals surface area (Å²) in [7, 11) is -3.76. The number of anilines is 1. The van der Waals surface area contributed by atoms with Crippen LogP contribution in [0.15, 0.2) is 17.0 Å². The first-order valence-electron chi connectivity index (χ1n) is 5.51. The lowest BCUT2D eigenvalue weighted by molar-refractivity contribution is 0.257. The summed E-state index contributed by atoms with van der Waals surface area (Å²) in [6, 6.07) is 2.20. The van der Waals surface area contributed by atoms with E-state index in [1.807, 2.05) is 0 Å². The molecule has 102 valence electrons. The Kier molecular flexibility index (Phi) is 4.66. The van der Waals surface area contributed by atoms with Crippen LogP contribution in [-0.4, -0.2) is 37.5 Å². The quantitative estimate of drug-likeness (QED) is 0.776. The lowest BCUT2D eigenvalue weighted by Gasteiger charge is -2.20. The van der Waals surface area contributed by atoms with Crippen molar-refractivity contribution in [2.45, 2.75) is 18.7 Å². The molecule has 0 spiro atoms. The highest BCUT2D eigenvalue weighted by Gasteiger charge is 2.25. The SMILES string of the molecule is CCN(CCO)S(=O)(=O)c1cc(N)c(F)cc1C. The van der Waals surface area contributed by atoms with Crippen LogP contribution in [0.25, 0.3) is 0 Å². The molecular formula is C11H17FN2O3S. The number of nitrogens with two attached hydrogens (primary N) is 1. The van der Waals surface area contributed by atoms with Gasteiger partial charge in [-0.1, -0.05) is 6.92 Å². The highest BCUT2D eigenvalue weighted by atomic mass is 32.2. The predicted octanol–water partition coefficient (Wildman–Crippen LogP) is 0.719. The van der Waals surface area contributed by atoms with E-state index < -0.39 is 15.8 Å². The van der Waals surface area contributed by atoms with Gasteiger partial charge in [-0.15, -0.1) is 0 Å². The molecule has 0 fully saturated rings. The van der Waals surface area contributed by atoms with Gasteiger partial charge in [-0.05, 0) is 24.6 Å². The van der Waals surface area contributed by atoms with E-state index in [1.165, 1.54) is 6.92 Å². The Hall–Kier alpha value is -1.18. The molecule has 0 amide bonds. The van der Waals surface area contributed by atoms with Crippen molar-refractivity contribution in [3.63, 3.8) is 0 Å². The fourth-order valence-corrected chi connectivity index (χ4v) is 3.33. The van der Waals surface area contributed by atoms with Gasteiger partial charge < -0.3 is 10.8 Å². The molecule has 18 heavy (non-hydrogen) atoms. The van der Waals surface area contributed by atoms with Gasteiger partial charge in [-0.3, -0.25) is 0 Å². The summed E-state index contributed by atoms with van der Waals surface area (Å²) < 4.78 is 38.9. The monoisotopic (exact) mass is 276 g/mol. The Balaban J connectivity index is 3.32. The molecule has 1 rings (SSSR count). The molecule has 1 aromatic rings. The van der Waals surface area contributed by atoms with Crippen LogP contribution in [0.5, 0.6) is 0 Å². The topological polar surface area (TPSA) is 83.6 Å². The molecule has 0 aliphatic rings. The second-order valence-electron chi connectivity index (χ2n) is 3.86. The Morgan fingerprint density at radius 2 is 2.06 bits per heavy atom. The Bertz CT molecular complexity index is 531. The second kappa shape index (κ2) is 5.64. The molecule has 0 bridgehead atoms. The highest BCUT2D eigenvalue weighted by molar-refractivity contribution is 7.89. The number of benzene rings is 1. The number of nitrogens with zero attached hydrogens (tertiary/aromatic N) is 1. The third-order valence-electron chi connectivity index (χ3n) is 2.61. The van der Waals surface area contributed by atoms with Crippen molar-refractivity contribution in [2.24, 2.45) is 0 Å². The summed E-state index contributed by atoms with van der Waals surface area (Å²) in [5.74, 6) is -0.642. The Labute approximate surface area is 106 Å². The maximum Gasteiger partial charge on any atom is 0.243 e. The van der Waals surface area contributed by atoms with Crippen LogP contribution >= 0.6 is 0 Å². The largest absolute Gasteiger partial charge is 0.396 e. The van der Waals surface area contributed by atoms with Gasteiger partial charge >= 0.3 is 0 Å². The summed E-state index contributed by atoms with van der Waals surface area (Å²) in [6.45, 7) is 3.11. The van der Waals surface area contributed by atoms with Crippen LogP contribution < -0.4 is 5.73 Å². The number of nitrogen functional groups attached to an aromatic ring is 1. The molecule has 5 nitrogen and oxygen atoms in total. The second-order valence-corrected chi connectivity index (χ2v) is 5.77. The van der Waals surface area contributed by atoms with Crippen molar-refractivity contribution < 1.29 is 17.9 Å². The standard InChI is InChI=1S/C11H17FN2O3S/c1-3-14(4-5-15)18(16,17)11-7-10(13)9(12)6-8(11)2/h6-7,15H,3-5,13H2,1-2H3. The molecule has 0 saturated carbocycles. The van der Waals surface area contributed by atoms with E-state index in [9.17, 15) is 12.8 Å². The fourth-order valence-electron chi connectivity index (χ4n) is 1.65. The molecule has 0 unspecified atom stereocenters. The Morgan fingerprint density at radius 1 is 1.44 bits per heavy atom. The third-order valence-corrected chi connectivity index (χ3v) is 4.73. The van der Waals surface area contributed by atoms with E-state index >= 15 is 0 Å². The molecule has 0 aliphatic heterocycles. The number of hydrogen-bond acceptors (Lipinski definition) is 4. The van der Waals surface area contributed by atoms with Gasteiger partial charge in [0.25, 0.3) is 0 Å². The maximum atomic E-state index is 13.2. The lowest BCUT2D eigenvalue weighted by Crippen LogP contribution is -2.33.